The van der Waals surface area contributed by atoms with Crippen LogP contribution >= 0.6 is 34.3 Å². The molecule has 1 atom stereocenters. The topological polar surface area (TPSA) is 60.7 Å². The van der Waals surface area contributed by atoms with Crippen molar-refractivity contribution in [1.82, 2.24) is 4.57 Å². The summed E-state index contributed by atoms with van der Waals surface area (Å²) in [4.78, 5) is 32.0. The fourth-order valence-electron chi connectivity index (χ4n) is 3.30. The molecule has 0 radical (unpaired) electrons. The number of halogens is 1. The summed E-state index contributed by atoms with van der Waals surface area (Å²) in [6.07, 6.45) is 1.89. The SMILES string of the molecule is COC(=O)C1=C(C)N=c2s/c(=C/c3sccc3C)c(=O)n2[C@@H]1c1ccc(Cl)cc1. The van der Waals surface area contributed by atoms with E-state index >= 15 is 0 Å². The van der Waals surface area contributed by atoms with Crippen LogP contribution in [0.5, 0.6) is 0 Å². The Bertz CT molecular complexity index is 1310. The molecule has 5 nitrogen and oxygen atoms in total. The monoisotopic (exact) mass is 444 g/mol. The molecule has 3 heterocycles. The van der Waals surface area contributed by atoms with E-state index in [1.54, 1.807) is 35.0 Å². The minimum absolute atomic E-state index is 0.185. The maximum absolute atomic E-state index is 13.4. The van der Waals surface area contributed by atoms with Crippen LogP contribution in [-0.2, 0) is 9.53 Å². The lowest BCUT2D eigenvalue weighted by Crippen LogP contribution is -2.39. The van der Waals surface area contributed by atoms with Crippen LogP contribution in [0.2, 0.25) is 5.02 Å². The molecule has 3 aromatic rings. The van der Waals surface area contributed by atoms with E-state index < -0.39 is 12.0 Å². The van der Waals surface area contributed by atoms with Gasteiger partial charge in [0.2, 0.25) is 0 Å². The number of nitrogens with zero attached hydrogens (tertiary/aromatic N) is 2. The van der Waals surface area contributed by atoms with Crippen molar-refractivity contribution >= 4 is 46.3 Å². The number of ether oxygens (including phenoxy) is 1. The minimum atomic E-state index is -0.623. The van der Waals surface area contributed by atoms with Gasteiger partial charge in [-0.25, -0.2) is 9.79 Å². The zero-order valence-corrected chi connectivity index (χ0v) is 18.3. The highest BCUT2D eigenvalue weighted by Gasteiger charge is 2.33. The number of allylic oxidation sites excluding steroid dienone is 1. The summed E-state index contributed by atoms with van der Waals surface area (Å²) in [7, 11) is 1.33. The van der Waals surface area contributed by atoms with E-state index in [1.807, 2.05) is 36.6 Å². The first-order valence-corrected chi connectivity index (χ1v) is 10.9. The van der Waals surface area contributed by atoms with Gasteiger partial charge in [-0.15, -0.1) is 11.3 Å². The van der Waals surface area contributed by atoms with Crippen LogP contribution in [0, 0.1) is 6.92 Å². The summed E-state index contributed by atoms with van der Waals surface area (Å²) in [6, 6.07) is 8.51. The standard InChI is InChI=1S/C21H17ClN2O3S2/c1-11-8-9-28-15(11)10-16-19(25)24-18(13-4-6-14(22)7-5-13)17(20(26)27-3)12(2)23-21(24)29-16/h4-10,18H,1-3H3/b16-10+/t18-/m1/s1. The van der Waals surface area contributed by atoms with E-state index in [2.05, 4.69) is 4.99 Å². The lowest BCUT2D eigenvalue weighted by Gasteiger charge is -2.24. The number of thiazole rings is 1. The Morgan fingerprint density at radius 2 is 1.97 bits per heavy atom. The average molecular weight is 445 g/mol. The second kappa shape index (κ2) is 7.74. The molecule has 2 aromatic heterocycles. The predicted molar refractivity (Wildman–Crippen MR) is 116 cm³/mol. The summed E-state index contributed by atoms with van der Waals surface area (Å²) < 4.78 is 7.14. The molecule has 0 N–H and O–H groups in total. The van der Waals surface area contributed by atoms with Crippen molar-refractivity contribution in [2.45, 2.75) is 19.9 Å². The summed E-state index contributed by atoms with van der Waals surface area (Å²) in [6.45, 7) is 3.77. The summed E-state index contributed by atoms with van der Waals surface area (Å²) >= 11 is 8.94. The largest absolute Gasteiger partial charge is 0.466 e. The van der Waals surface area contributed by atoms with E-state index in [9.17, 15) is 9.59 Å². The average Bonchev–Trinajstić information content (AvgIpc) is 3.24. The van der Waals surface area contributed by atoms with E-state index in [-0.39, 0.29) is 5.56 Å². The van der Waals surface area contributed by atoms with Gasteiger partial charge in [-0.1, -0.05) is 35.1 Å². The molecule has 1 aliphatic rings. The van der Waals surface area contributed by atoms with Crippen LogP contribution in [0.1, 0.15) is 29.0 Å². The molecule has 8 heteroatoms. The van der Waals surface area contributed by atoms with Crippen molar-refractivity contribution in [1.29, 1.82) is 0 Å². The highest BCUT2D eigenvalue weighted by Crippen LogP contribution is 2.31. The number of benzene rings is 1. The molecule has 148 valence electrons. The molecule has 1 aromatic carbocycles. The third-order valence-electron chi connectivity index (χ3n) is 4.78. The molecule has 0 bridgehead atoms. The number of rotatable bonds is 3. The molecule has 0 unspecified atom stereocenters. The van der Waals surface area contributed by atoms with Gasteiger partial charge in [0.1, 0.15) is 0 Å². The maximum atomic E-state index is 13.4. The van der Waals surface area contributed by atoms with Crippen LogP contribution in [-0.4, -0.2) is 17.6 Å². The lowest BCUT2D eigenvalue weighted by atomic mass is 9.96. The number of aryl methyl sites for hydroxylation is 1. The first-order chi connectivity index (χ1) is 13.9. The van der Waals surface area contributed by atoms with Gasteiger partial charge in [0, 0.05) is 9.90 Å². The Labute approximate surface area is 179 Å². The number of thiophene rings is 1. The van der Waals surface area contributed by atoms with Gasteiger partial charge >= 0.3 is 5.97 Å². The highest BCUT2D eigenvalue weighted by molar-refractivity contribution is 7.11. The van der Waals surface area contributed by atoms with Crippen LogP contribution in [0.3, 0.4) is 0 Å². The molecule has 0 amide bonds. The van der Waals surface area contributed by atoms with Gasteiger partial charge < -0.3 is 4.74 Å². The minimum Gasteiger partial charge on any atom is -0.466 e. The molecular weight excluding hydrogens is 428 g/mol. The number of methoxy groups -OCH3 is 1. The third-order valence-corrected chi connectivity index (χ3v) is 6.98. The highest BCUT2D eigenvalue weighted by atomic mass is 35.5. The van der Waals surface area contributed by atoms with Crippen molar-refractivity contribution in [2.75, 3.05) is 7.11 Å². The van der Waals surface area contributed by atoms with Crippen LogP contribution in [0.15, 0.2) is 56.8 Å². The van der Waals surface area contributed by atoms with Crippen molar-refractivity contribution in [3.05, 3.63) is 87.7 Å². The molecule has 4 rings (SSSR count). The van der Waals surface area contributed by atoms with Crippen molar-refractivity contribution < 1.29 is 9.53 Å². The summed E-state index contributed by atoms with van der Waals surface area (Å²) in [5, 5.41) is 2.57. The normalized spacial score (nSPS) is 16.6. The third kappa shape index (κ3) is 3.50. The Morgan fingerprint density at radius 1 is 1.24 bits per heavy atom. The van der Waals surface area contributed by atoms with E-state index in [4.69, 9.17) is 16.3 Å². The number of esters is 1. The number of carbonyl (C=O) groups excluding carboxylic acids is 1. The number of carbonyl (C=O) groups is 1. The molecule has 0 aliphatic carbocycles. The number of fused-ring (bicyclic) bond motifs is 1. The van der Waals surface area contributed by atoms with Gasteiger partial charge in [0.15, 0.2) is 4.80 Å². The Kier molecular flexibility index (Phi) is 5.29. The Morgan fingerprint density at radius 3 is 2.59 bits per heavy atom. The first kappa shape index (κ1) is 19.8. The quantitative estimate of drug-likeness (QED) is 0.581. The predicted octanol–water partition coefficient (Wildman–Crippen LogP) is 3.43. The van der Waals surface area contributed by atoms with Gasteiger partial charge in [0.05, 0.1) is 29.0 Å². The zero-order chi connectivity index (χ0) is 20.7. The van der Waals surface area contributed by atoms with E-state index in [0.717, 1.165) is 16.0 Å². The van der Waals surface area contributed by atoms with E-state index in [0.29, 0.717) is 25.6 Å². The van der Waals surface area contributed by atoms with Gasteiger partial charge in [-0.3, -0.25) is 9.36 Å². The molecular formula is C21H17ClN2O3S2. The molecule has 0 spiro atoms. The Hall–Kier alpha value is -2.48. The zero-order valence-electron chi connectivity index (χ0n) is 15.9. The number of hydrogen-bond acceptors (Lipinski definition) is 6. The van der Waals surface area contributed by atoms with Gasteiger partial charge in [0.25, 0.3) is 5.56 Å². The van der Waals surface area contributed by atoms with Crippen LogP contribution in [0.25, 0.3) is 6.08 Å². The fraction of sp³-hybridized carbons (Fsp3) is 0.190. The molecule has 0 fully saturated rings. The van der Waals surface area contributed by atoms with Gasteiger partial charge in [-0.05, 0) is 54.6 Å². The second-order valence-corrected chi connectivity index (χ2v) is 8.99. The smallest absolute Gasteiger partial charge is 0.338 e. The van der Waals surface area contributed by atoms with Crippen molar-refractivity contribution in [3.63, 3.8) is 0 Å². The second-order valence-electron chi connectivity index (χ2n) is 6.59. The molecule has 29 heavy (non-hydrogen) atoms. The molecule has 1 aliphatic heterocycles. The summed E-state index contributed by atoms with van der Waals surface area (Å²) in [5.41, 5.74) is 2.58. The number of aromatic nitrogens is 1. The fourth-order valence-corrected chi connectivity index (χ4v) is 5.39. The number of hydrogen-bond donors (Lipinski definition) is 0. The van der Waals surface area contributed by atoms with Gasteiger partial charge in [-0.2, -0.15) is 0 Å². The molecule has 0 saturated heterocycles. The summed E-state index contributed by atoms with van der Waals surface area (Å²) in [5.74, 6) is -0.505. The first-order valence-electron chi connectivity index (χ1n) is 8.81. The van der Waals surface area contributed by atoms with E-state index in [1.165, 1.54) is 18.4 Å². The Balaban J connectivity index is 2.00. The van der Waals surface area contributed by atoms with Crippen LogP contribution in [0.4, 0.5) is 0 Å². The maximum Gasteiger partial charge on any atom is 0.338 e. The van der Waals surface area contributed by atoms with Crippen molar-refractivity contribution in [3.8, 4) is 0 Å². The molecule has 0 saturated carbocycles. The van der Waals surface area contributed by atoms with Crippen LogP contribution < -0.4 is 14.9 Å². The van der Waals surface area contributed by atoms with Crippen molar-refractivity contribution in [2.24, 2.45) is 4.99 Å². The lowest BCUT2D eigenvalue weighted by molar-refractivity contribution is -0.136.